The molecule has 0 unspecified atom stereocenters. The third-order valence-electron chi connectivity index (χ3n) is 3.12. The van der Waals surface area contributed by atoms with Crippen molar-refractivity contribution in [1.29, 1.82) is 0 Å². The average molecular weight is 304 g/mol. The van der Waals surface area contributed by atoms with Crippen LogP contribution in [0.4, 0.5) is 10.1 Å². The van der Waals surface area contributed by atoms with E-state index in [-0.39, 0.29) is 5.82 Å². The molecule has 3 aromatic rings. The van der Waals surface area contributed by atoms with Crippen molar-refractivity contribution in [2.45, 2.75) is 6.92 Å². The van der Waals surface area contributed by atoms with Gasteiger partial charge >= 0.3 is 0 Å². The molecule has 106 valence electrons. The normalized spacial score (nSPS) is 10.8. The van der Waals surface area contributed by atoms with Crippen molar-refractivity contribution < 1.29 is 4.39 Å². The summed E-state index contributed by atoms with van der Waals surface area (Å²) < 4.78 is 15.2. The molecule has 0 bridgehead atoms. The molecule has 0 radical (unpaired) electrons. The van der Waals surface area contributed by atoms with Crippen LogP contribution in [-0.4, -0.2) is 20.2 Å². The molecule has 5 nitrogen and oxygen atoms in total. The summed E-state index contributed by atoms with van der Waals surface area (Å²) in [6.07, 6.45) is 0. The number of nitrogens with two attached hydrogens (primary N) is 1. The molecule has 7 heteroatoms. The van der Waals surface area contributed by atoms with Crippen molar-refractivity contribution in [2.75, 3.05) is 5.73 Å². The Labute approximate surface area is 125 Å². The molecule has 3 rings (SSSR count). The average Bonchev–Trinajstić information content (AvgIpc) is 2.90. The van der Waals surface area contributed by atoms with Gasteiger partial charge in [0.1, 0.15) is 5.82 Å². The van der Waals surface area contributed by atoms with E-state index >= 15 is 0 Å². The topological polar surface area (TPSA) is 69.6 Å². The molecule has 21 heavy (non-hydrogen) atoms. The Balaban J connectivity index is 2.19. The Bertz CT molecular complexity index is 795. The van der Waals surface area contributed by atoms with Gasteiger partial charge in [-0.1, -0.05) is 17.7 Å². The van der Waals surface area contributed by atoms with Crippen molar-refractivity contribution in [2.24, 2.45) is 0 Å². The molecule has 0 atom stereocenters. The number of anilines is 1. The van der Waals surface area contributed by atoms with Crippen molar-refractivity contribution >= 4 is 17.3 Å². The molecule has 0 aliphatic carbocycles. The first-order chi connectivity index (χ1) is 10.1. The summed E-state index contributed by atoms with van der Waals surface area (Å²) in [6.45, 7) is 1.67. The van der Waals surface area contributed by atoms with Gasteiger partial charge in [0.25, 0.3) is 0 Å². The predicted octanol–water partition coefficient (Wildman–Crippen LogP) is 3.01. The van der Waals surface area contributed by atoms with Crippen LogP contribution in [0.1, 0.15) is 5.56 Å². The van der Waals surface area contributed by atoms with Gasteiger partial charge in [-0.3, -0.25) is 0 Å². The highest BCUT2D eigenvalue weighted by Crippen LogP contribution is 2.26. The monoisotopic (exact) mass is 303 g/mol. The number of benzene rings is 2. The molecular weight excluding hydrogens is 293 g/mol. The Hall–Kier alpha value is -2.47. The van der Waals surface area contributed by atoms with Crippen LogP contribution < -0.4 is 5.73 Å². The maximum atomic E-state index is 13.7. The lowest BCUT2D eigenvalue weighted by Crippen LogP contribution is -2.03. The van der Waals surface area contributed by atoms with E-state index in [0.29, 0.717) is 33.3 Å². The van der Waals surface area contributed by atoms with E-state index < -0.39 is 0 Å². The van der Waals surface area contributed by atoms with Gasteiger partial charge in [-0.15, -0.1) is 5.10 Å². The molecule has 0 fully saturated rings. The second kappa shape index (κ2) is 5.14. The highest BCUT2D eigenvalue weighted by atomic mass is 35.5. The van der Waals surface area contributed by atoms with Crippen molar-refractivity contribution in [3.05, 3.63) is 52.8 Å². The molecule has 0 saturated heterocycles. The second-order valence-electron chi connectivity index (χ2n) is 4.57. The SMILES string of the molecule is Cc1c(F)cccc1-n1nnnc1-c1cc(N)cc(Cl)c1. The standard InChI is InChI=1S/C14H11ClFN5/c1-8-12(16)3-2-4-13(8)21-14(18-19-20-21)9-5-10(15)7-11(17)6-9/h2-7H,17H2,1H3. The first-order valence-corrected chi connectivity index (χ1v) is 6.54. The quantitative estimate of drug-likeness (QED) is 0.739. The lowest BCUT2D eigenvalue weighted by Gasteiger charge is -2.09. The van der Waals surface area contributed by atoms with Crippen LogP contribution in [0, 0.1) is 12.7 Å². The van der Waals surface area contributed by atoms with Gasteiger partial charge in [-0.2, -0.15) is 4.68 Å². The molecule has 0 aliphatic rings. The Morgan fingerprint density at radius 2 is 2.05 bits per heavy atom. The molecule has 0 spiro atoms. The molecule has 0 aliphatic heterocycles. The summed E-state index contributed by atoms with van der Waals surface area (Å²) >= 11 is 6.00. The highest BCUT2D eigenvalue weighted by molar-refractivity contribution is 6.31. The Morgan fingerprint density at radius 1 is 1.24 bits per heavy atom. The summed E-state index contributed by atoms with van der Waals surface area (Å²) in [6, 6.07) is 9.78. The van der Waals surface area contributed by atoms with Gasteiger partial charge in [-0.25, -0.2) is 4.39 Å². The fourth-order valence-electron chi connectivity index (χ4n) is 2.10. The number of nitrogens with zero attached hydrogens (tertiary/aromatic N) is 4. The van der Waals surface area contributed by atoms with Gasteiger partial charge < -0.3 is 5.73 Å². The first kappa shape index (κ1) is 13.5. The molecule has 0 saturated carbocycles. The van der Waals surface area contributed by atoms with Crippen LogP contribution in [0.3, 0.4) is 0 Å². The van der Waals surface area contributed by atoms with Crippen molar-refractivity contribution in [1.82, 2.24) is 20.2 Å². The van der Waals surface area contributed by atoms with E-state index in [9.17, 15) is 4.39 Å². The van der Waals surface area contributed by atoms with Crippen LogP contribution >= 0.6 is 11.6 Å². The van der Waals surface area contributed by atoms with E-state index in [4.69, 9.17) is 17.3 Å². The van der Waals surface area contributed by atoms with Gasteiger partial charge in [0, 0.05) is 21.8 Å². The van der Waals surface area contributed by atoms with E-state index in [1.165, 1.54) is 10.7 Å². The number of tetrazole rings is 1. The van der Waals surface area contributed by atoms with E-state index in [1.807, 2.05) is 0 Å². The van der Waals surface area contributed by atoms with Crippen molar-refractivity contribution in [3.8, 4) is 17.1 Å². The summed E-state index contributed by atoms with van der Waals surface area (Å²) in [7, 11) is 0. The van der Waals surface area contributed by atoms with Crippen LogP contribution in [0.2, 0.25) is 5.02 Å². The zero-order valence-corrected chi connectivity index (χ0v) is 11.8. The highest BCUT2D eigenvalue weighted by Gasteiger charge is 2.15. The molecular formula is C14H11ClFN5. The van der Waals surface area contributed by atoms with E-state index in [2.05, 4.69) is 15.5 Å². The molecule has 2 aromatic carbocycles. The number of nitrogen functional groups attached to an aromatic ring is 1. The number of rotatable bonds is 2. The lowest BCUT2D eigenvalue weighted by molar-refractivity contribution is 0.614. The lowest BCUT2D eigenvalue weighted by atomic mass is 10.1. The largest absolute Gasteiger partial charge is 0.399 e. The van der Waals surface area contributed by atoms with Crippen LogP contribution in [-0.2, 0) is 0 Å². The minimum absolute atomic E-state index is 0.320. The first-order valence-electron chi connectivity index (χ1n) is 6.16. The third-order valence-corrected chi connectivity index (χ3v) is 3.33. The summed E-state index contributed by atoms with van der Waals surface area (Å²) in [5.74, 6) is 0.123. The molecule has 1 heterocycles. The maximum absolute atomic E-state index is 13.7. The molecule has 2 N–H and O–H groups in total. The van der Waals surface area contributed by atoms with Gasteiger partial charge in [0.15, 0.2) is 5.82 Å². The zero-order valence-electron chi connectivity index (χ0n) is 11.1. The minimum Gasteiger partial charge on any atom is -0.399 e. The smallest absolute Gasteiger partial charge is 0.187 e. The number of hydrogen-bond acceptors (Lipinski definition) is 4. The predicted molar refractivity (Wildman–Crippen MR) is 78.7 cm³/mol. The maximum Gasteiger partial charge on any atom is 0.187 e. The number of hydrogen-bond donors (Lipinski definition) is 1. The third kappa shape index (κ3) is 2.45. The van der Waals surface area contributed by atoms with E-state index in [1.54, 1.807) is 37.3 Å². The Morgan fingerprint density at radius 3 is 2.81 bits per heavy atom. The fraction of sp³-hybridized carbons (Fsp3) is 0.0714. The van der Waals surface area contributed by atoms with Gasteiger partial charge in [0.05, 0.1) is 5.69 Å². The number of aromatic nitrogens is 4. The van der Waals surface area contributed by atoms with Crippen LogP contribution in [0.25, 0.3) is 17.1 Å². The summed E-state index contributed by atoms with van der Waals surface area (Å²) in [4.78, 5) is 0. The van der Waals surface area contributed by atoms with Gasteiger partial charge in [-0.05, 0) is 47.7 Å². The zero-order chi connectivity index (χ0) is 15.0. The van der Waals surface area contributed by atoms with Gasteiger partial charge in [0.2, 0.25) is 0 Å². The molecule has 0 amide bonds. The Kier molecular flexibility index (Phi) is 3.31. The van der Waals surface area contributed by atoms with Crippen molar-refractivity contribution in [3.63, 3.8) is 0 Å². The summed E-state index contributed by atoms with van der Waals surface area (Å²) in [5, 5.41) is 12.1. The summed E-state index contributed by atoms with van der Waals surface area (Å²) in [5.41, 5.74) is 7.97. The van der Waals surface area contributed by atoms with Crippen LogP contribution in [0.15, 0.2) is 36.4 Å². The second-order valence-corrected chi connectivity index (χ2v) is 5.01. The van der Waals surface area contributed by atoms with Crippen LogP contribution in [0.5, 0.6) is 0 Å². The number of halogens is 2. The minimum atomic E-state index is -0.320. The van der Waals surface area contributed by atoms with E-state index in [0.717, 1.165) is 0 Å². The fourth-order valence-corrected chi connectivity index (χ4v) is 2.34. The molecule has 1 aromatic heterocycles.